The van der Waals surface area contributed by atoms with Crippen LogP contribution < -0.4 is 4.74 Å². The van der Waals surface area contributed by atoms with Crippen molar-refractivity contribution in [3.05, 3.63) is 18.1 Å². The largest absolute Gasteiger partial charge is 0.472 e. The zero-order valence-corrected chi connectivity index (χ0v) is 7.72. The molecule has 1 aliphatic rings. The summed E-state index contributed by atoms with van der Waals surface area (Å²) < 4.78 is 10.7. The summed E-state index contributed by atoms with van der Waals surface area (Å²) in [5.74, 6) is 0.876. The lowest BCUT2D eigenvalue weighted by Crippen LogP contribution is -2.16. The number of aliphatic hydroxyl groups is 1. The van der Waals surface area contributed by atoms with E-state index in [2.05, 4.69) is 9.97 Å². The predicted octanol–water partition coefficient (Wildman–Crippen LogP) is 0.137. The van der Waals surface area contributed by atoms with Gasteiger partial charge < -0.3 is 14.6 Å². The second kappa shape index (κ2) is 4.34. The Kier molecular flexibility index (Phi) is 2.90. The van der Waals surface area contributed by atoms with E-state index in [1.54, 1.807) is 12.3 Å². The maximum atomic E-state index is 8.82. The van der Waals surface area contributed by atoms with E-state index in [-0.39, 0.29) is 12.7 Å². The van der Waals surface area contributed by atoms with Gasteiger partial charge in [0, 0.05) is 18.7 Å². The van der Waals surface area contributed by atoms with Crippen LogP contribution in [0.2, 0.25) is 0 Å². The van der Waals surface area contributed by atoms with Gasteiger partial charge >= 0.3 is 0 Å². The number of aliphatic hydroxyl groups excluding tert-OH is 1. The molecule has 76 valence electrons. The molecule has 0 amide bonds. The Labute approximate surface area is 81.7 Å². The fourth-order valence-electron chi connectivity index (χ4n) is 1.30. The van der Waals surface area contributed by atoms with Crippen molar-refractivity contribution in [2.45, 2.75) is 19.1 Å². The summed E-state index contributed by atoms with van der Waals surface area (Å²) >= 11 is 0. The highest BCUT2D eigenvalue weighted by Gasteiger charge is 2.17. The molecule has 1 fully saturated rings. The summed E-state index contributed by atoms with van der Waals surface area (Å²) in [6.07, 6.45) is 2.54. The van der Waals surface area contributed by atoms with Crippen LogP contribution in [-0.4, -0.2) is 34.4 Å². The van der Waals surface area contributed by atoms with E-state index < -0.39 is 0 Å². The summed E-state index contributed by atoms with van der Waals surface area (Å²) in [5.41, 5.74) is 0. The Balaban J connectivity index is 2.00. The van der Waals surface area contributed by atoms with E-state index in [1.165, 1.54) is 0 Å². The molecule has 0 bridgehead atoms. The van der Waals surface area contributed by atoms with Gasteiger partial charge in [-0.3, -0.25) is 0 Å². The summed E-state index contributed by atoms with van der Waals surface area (Å²) in [6.45, 7) is 1.18. The minimum Gasteiger partial charge on any atom is -0.472 e. The Morgan fingerprint density at radius 3 is 3.29 bits per heavy atom. The van der Waals surface area contributed by atoms with E-state index in [0.29, 0.717) is 18.3 Å². The van der Waals surface area contributed by atoms with Crippen molar-refractivity contribution < 1.29 is 14.6 Å². The first-order valence-corrected chi connectivity index (χ1v) is 4.55. The standard InChI is InChI=1S/C9H12N2O3/c12-5-8-10-3-1-9(11-8)14-7-2-4-13-6-7/h1,3,7,12H,2,4-6H2. The third-order valence-corrected chi connectivity index (χ3v) is 2.00. The highest BCUT2D eigenvalue weighted by molar-refractivity contribution is 5.08. The van der Waals surface area contributed by atoms with E-state index >= 15 is 0 Å². The van der Waals surface area contributed by atoms with Gasteiger partial charge in [0.1, 0.15) is 12.7 Å². The number of hydrogen-bond donors (Lipinski definition) is 1. The van der Waals surface area contributed by atoms with Crippen LogP contribution in [-0.2, 0) is 11.3 Å². The summed E-state index contributed by atoms with van der Waals surface area (Å²) in [5, 5.41) is 8.82. The van der Waals surface area contributed by atoms with Crippen LogP contribution >= 0.6 is 0 Å². The van der Waals surface area contributed by atoms with E-state index in [0.717, 1.165) is 13.0 Å². The zero-order valence-electron chi connectivity index (χ0n) is 7.72. The van der Waals surface area contributed by atoms with Gasteiger partial charge in [0.25, 0.3) is 0 Å². The van der Waals surface area contributed by atoms with Gasteiger partial charge in [-0.05, 0) is 0 Å². The second-order valence-corrected chi connectivity index (χ2v) is 3.07. The minimum absolute atomic E-state index is 0.0800. The number of nitrogens with zero attached hydrogens (tertiary/aromatic N) is 2. The molecule has 1 N–H and O–H groups in total. The molecule has 0 aliphatic carbocycles. The SMILES string of the molecule is OCc1nccc(OC2CCOC2)n1. The highest BCUT2D eigenvalue weighted by Crippen LogP contribution is 2.13. The van der Waals surface area contributed by atoms with Gasteiger partial charge in [0.15, 0.2) is 5.82 Å². The molecule has 0 saturated carbocycles. The van der Waals surface area contributed by atoms with Crippen LogP contribution in [0.25, 0.3) is 0 Å². The third kappa shape index (κ3) is 2.18. The van der Waals surface area contributed by atoms with Crippen molar-refractivity contribution in [1.82, 2.24) is 9.97 Å². The van der Waals surface area contributed by atoms with E-state index in [1.807, 2.05) is 0 Å². The molecule has 1 saturated heterocycles. The quantitative estimate of drug-likeness (QED) is 0.744. The molecule has 14 heavy (non-hydrogen) atoms. The molecule has 2 rings (SSSR count). The van der Waals surface area contributed by atoms with Gasteiger partial charge in [-0.25, -0.2) is 4.98 Å². The van der Waals surface area contributed by atoms with Gasteiger partial charge in [-0.2, -0.15) is 4.98 Å². The molecular weight excluding hydrogens is 184 g/mol. The molecular formula is C9H12N2O3. The average Bonchev–Trinajstić information content (AvgIpc) is 2.71. The first-order valence-electron chi connectivity index (χ1n) is 4.55. The Hall–Kier alpha value is -1.20. The van der Waals surface area contributed by atoms with E-state index in [4.69, 9.17) is 14.6 Å². The summed E-state index contributed by atoms with van der Waals surface area (Å²) in [7, 11) is 0. The molecule has 1 atom stereocenters. The van der Waals surface area contributed by atoms with Crippen molar-refractivity contribution >= 4 is 0 Å². The molecule has 5 nitrogen and oxygen atoms in total. The monoisotopic (exact) mass is 196 g/mol. The van der Waals surface area contributed by atoms with Gasteiger partial charge in [-0.1, -0.05) is 0 Å². The van der Waals surface area contributed by atoms with Crippen molar-refractivity contribution in [1.29, 1.82) is 0 Å². The number of hydrogen-bond acceptors (Lipinski definition) is 5. The predicted molar refractivity (Wildman–Crippen MR) is 47.8 cm³/mol. The average molecular weight is 196 g/mol. The van der Waals surface area contributed by atoms with Crippen molar-refractivity contribution in [2.24, 2.45) is 0 Å². The lowest BCUT2D eigenvalue weighted by Gasteiger charge is -2.10. The number of aromatic nitrogens is 2. The summed E-state index contributed by atoms with van der Waals surface area (Å²) in [6, 6.07) is 1.68. The lowest BCUT2D eigenvalue weighted by atomic mass is 10.3. The molecule has 1 aromatic rings. The molecule has 0 aromatic carbocycles. The normalized spacial score (nSPS) is 21.1. The second-order valence-electron chi connectivity index (χ2n) is 3.07. The van der Waals surface area contributed by atoms with Crippen LogP contribution in [0, 0.1) is 0 Å². The van der Waals surface area contributed by atoms with Gasteiger partial charge in [0.05, 0.1) is 13.2 Å². The molecule has 2 heterocycles. The number of ether oxygens (including phenoxy) is 2. The van der Waals surface area contributed by atoms with Gasteiger partial charge in [-0.15, -0.1) is 0 Å². The molecule has 0 radical (unpaired) electrons. The smallest absolute Gasteiger partial charge is 0.216 e. The van der Waals surface area contributed by atoms with Crippen molar-refractivity contribution in [3.8, 4) is 5.88 Å². The van der Waals surface area contributed by atoms with Crippen molar-refractivity contribution in [3.63, 3.8) is 0 Å². The van der Waals surface area contributed by atoms with Crippen molar-refractivity contribution in [2.75, 3.05) is 13.2 Å². The maximum Gasteiger partial charge on any atom is 0.216 e. The van der Waals surface area contributed by atoms with Crippen LogP contribution in [0.15, 0.2) is 12.3 Å². The Bertz CT molecular complexity index is 300. The summed E-state index contributed by atoms with van der Waals surface area (Å²) in [4.78, 5) is 7.88. The van der Waals surface area contributed by atoms with Crippen LogP contribution in [0.4, 0.5) is 0 Å². The molecule has 1 aromatic heterocycles. The first kappa shape index (κ1) is 9.36. The molecule has 1 unspecified atom stereocenters. The minimum atomic E-state index is -0.168. The fraction of sp³-hybridized carbons (Fsp3) is 0.556. The van der Waals surface area contributed by atoms with Crippen LogP contribution in [0.3, 0.4) is 0 Å². The van der Waals surface area contributed by atoms with Gasteiger partial charge in [0.2, 0.25) is 5.88 Å². The Morgan fingerprint density at radius 2 is 2.57 bits per heavy atom. The van der Waals surface area contributed by atoms with Crippen LogP contribution in [0.5, 0.6) is 5.88 Å². The fourth-order valence-corrected chi connectivity index (χ4v) is 1.30. The molecule has 0 spiro atoms. The highest BCUT2D eigenvalue weighted by atomic mass is 16.5. The van der Waals surface area contributed by atoms with Crippen LogP contribution in [0.1, 0.15) is 12.2 Å². The maximum absolute atomic E-state index is 8.82. The Morgan fingerprint density at radius 1 is 1.64 bits per heavy atom. The molecule has 5 heteroatoms. The molecule has 1 aliphatic heterocycles. The van der Waals surface area contributed by atoms with E-state index in [9.17, 15) is 0 Å². The lowest BCUT2D eigenvalue weighted by molar-refractivity contribution is 0.137. The zero-order chi connectivity index (χ0) is 9.80. The number of rotatable bonds is 3. The third-order valence-electron chi connectivity index (χ3n) is 2.00. The topological polar surface area (TPSA) is 64.5 Å². The first-order chi connectivity index (χ1) is 6.88.